The Morgan fingerprint density at radius 2 is 1.76 bits per heavy atom. The molecule has 0 aromatic heterocycles. The summed E-state index contributed by atoms with van der Waals surface area (Å²) in [5, 5.41) is 3.30. The maximum atomic E-state index is 13.4. The monoisotopic (exact) mass is 316 g/mol. The van der Waals surface area contributed by atoms with Crippen LogP contribution in [0.3, 0.4) is 0 Å². The minimum Gasteiger partial charge on any atom is -0.488 e. The second kappa shape index (κ2) is 7.97. The first-order valence-corrected chi connectivity index (χ1v) is 7.29. The van der Waals surface area contributed by atoms with Crippen molar-refractivity contribution in [2.75, 3.05) is 32.9 Å². The van der Waals surface area contributed by atoms with Gasteiger partial charge >= 0.3 is 0 Å². The molecule has 0 bridgehead atoms. The normalized spacial score (nSPS) is 17.9. The SMILES string of the molecule is CC(C)(C)Oc1ccc([C@H](CF)N2CCNCC2)cc1.Cl. The topological polar surface area (TPSA) is 24.5 Å². The summed E-state index contributed by atoms with van der Waals surface area (Å²) >= 11 is 0. The van der Waals surface area contributed by atoms with Crippen molar-refractivity contribution in [2.45, 2.75) is 32.4 Å². The van der Waals surface area contributed by atoms with Gasteiger partial charge in [0.1, 0.15) is 18.0 Å². The van der Waals surface area contributed by atoms with Gasteiger partial charge in [-0.25, -0.2) is 4.39 Å². The minimum absolute atomic E-state index is 0. The predicted molar refractivity (Wildman–Crippen MR) is 87.2 cm³/mol. The number of nitrogens with zero attached hydrogens (tertiary/aromatic N) is 1. The van der Waals surface area contributed by atoms with Crippen LogP contribution in [0.4, 0.5) is 4.39 Å². The summed E-state index contributed by atoms with van der Waals surface area (Å²) in [6.07, 6.45) is 0. The van der Waals surface area contributed by atoms with Crippen LogP contribution in [-0.4, -0.2) is 43.4 Å². The van der Waals surface area contributed by atoms with Crippen LogP contribution in [0.2, 0.25) is 0 Å². The lowest BCUT2D eigenvalue weighted by atomic mass is 10.1. The fourth-order valence-electron chi connectivity index (χ4n) is 2.50. The van der Waals surface area contributed by atoms with Crippen molar-refractivity contribution in [3.63, 3.8) is 0 Å². The molecule has 21 heavy (non-hydrogen) atoms. The van der Waals surface area contributed by atoms with Crippen LogP contribution < -0.4 is 10.1 Å². The van der Waals surface area contributed by atoms with Gasteiger partial charge in [-0.05, 0) is 38.5 Å². The predicted octanol–water partition coefficient (Wildman–Crippen LogP) is 3.20. The van der Waals surface area contributed by atoms with Crippen molar-refractivity contribution in [3.05, 3.63) is 29.8 Å². The first kappa shape index (κ1) is 18.2. The molecular weight excluding hydrogens is 291 g/mol. The second-order valence-corrected chi connectivity index (χ2v) is 6.24. The Labute approximate surface area is 133 Å². The molecular formula is C16H26ClFN2O. The van der Waals surface area contributed by atoms with E-state index in [1.54, 1.807) is 0 Å². The molecule has 2 rings (SSSR count). The van der Waals surface area contributed by atoms with Crippen LogP contribution >= 0.6 is 12.4 Å². The number of halogens is 2. The van der Waals surface area contributed by atoms with Crippen molar-refractivity contribution < 1.29 is 9.13 Å². The van der Waals surface area contributed by atoms with Crippen molar-refractivity contribution in [1.82, 2.24) is 10.2 Å². The molecule has 0 radical (unpaired) electrons. The Morgan fingerprint density at radius 1 is 1.19 bits per heavy atom. The highest BCUT2D eigenvalue weighted by Gasteiger charge is 2.22. The highest BCUT2D eigenvalue weighted by Crippen LogP contribution is 2.25. The molecule has 1 aliphatic rings. The average molecular weight is 317 g/mol. The van der Waals surface area contributed by atoms with Crippen LogP contribution in [0, 0.1) is 0 Å². The van der Waals surface area contributed by atoms with E-state index in [1.807, 2.05) is 45.0 Å². The Hall–Kier alpha value is -0.840. The first-order chi connectivity index (χ1) is 9.49. The number of benzene rings is 1. The molecule has 1 saturated heterocycles. The second-order valence-electron chi connectivity index (χ2n) is 6.24. The first-order valence-electron chi connectivity index (χ1n) is 7.29. The third-order valence-electron chi connectivity index (χ3n) is 3.43. The number of nitrogens with one attached hydrogen (secondary N) is 1. The Balaban J connectivity index is 0.00000220. The smallest absolute Gasteiger partial charge is 0.120 e. The number of piperazine rings is 1. The molecule has 3 nitrogen and oxygen atoms in total. The molecule has 0 spiro atoms. The standard InChI is InChI=1S/C16H25FN2O.ClH/c1-16(2,3)20-14-6-4-13(5-7-14)15(12-17)19-10-8-18-9-11-19;/h4-7,15,18H,8-12H2,1-3H3;1H/t15-;/m0./s1. The summed E-state index contributed by atoms with van der Waals surface area (Å²) in [5.74, 6) is 0.833. The fourth-order valence-corrected chi connectivity index (χ4v) is 2.50. The van der Waals surface area contributed by atoms with E-state index in [0.29, 0.717) is 0 Å². The van der Waals surface area contributed by atoms with Crippen LogP contribution in [0.25, 0.3) is 0 Å². The zero-order chi connectivity index (χ0) is 14.6. The van der Waals surface area contributed by atoms with Gasteiger partial charge in [-0.3, -0.25) is 4.90 Å². The van der Waals surface area contributed by atoms with E-state index in [-0.39, 0.29) is 30.7 Å². The lowest BCUT2D eigenvalue weighted by molar-refractivity contribution is 0.130. The molecule has 5 heteroatoms. The van der Waals surface area contributed by atoms with Gasteiger partial charge in [0.05, 0.1) is 6.04 Å². The summed E-state index contributed by atoms with van der Waals surface area (Å²) in [4.78, 5) is 2.20. The quantitative estimate of drug-likeness (QED) is 0.923. The summed E-state index contributed by atoms with van der Waals surface area (Å²) in [6.45, 7) is 9.37. The maximum absolute atomic E-state index is 13.4. The van der Waals surface area contributed by atoms with Gasteiger partial charge in [-0.15, -0.1) is 12.4 Å². The Bertz CT molecular complexity index is 413. The molecule has 0 aliphatic carbocycles. The maximum Gasteiger partial charge on any atom is 0.120 e. The lowest BCUT2D eigenvalue weighted by Crippen LogP contribution is -2.45. The average Bonchev–Trinajstić information content (AvgIpc) is 2.41. The van der Waals surface area contributed by atoms with Gasteiger partial charge in [0.15, 0.2) is 0 Å². The zero-order valence-corrected chi connectivity index (χ0v) is 13.9. The van der Waals surface area contributed by atoms with Gasteiger partial charge in [0.25, 0.3) is 0 Å². The number of hydrogen-bond donors (Lipinski definition) is 1. The van der Waals surface area contributed by atoms with E-state index in [1.165, 1.54) is 0 Å². The van der Waals surface area contributed by atoms with Crippen molar-refractivity contribution in [1.29, 1.82) is 0 Å². The molecule has 1 atom stereocenters. The molecule has 1 fully saturated rings. The Morgan fingerprint density at radius 3 is 2.24 bits per heavy atom. The molecule has 0 saturated carbocycles. The van der Waals surface area contributed by atoms with Gasteiger partial charge in [0.2, 0.25) is 0 Å². The van der Waals surface area contributed by atoms with Gasteiger partial charge in [-0.1, -0.05) is 12.1 Å². The molecule has 120 valence electrons. The van der Waals surface area contributed by atoms with Gasteiger partial charge < -0.3 is 10.1 Å². The van der Waals surface area contributed by atoms with Crippen molar-refractivity contribution >= 4 is 12.4 Å². The molecule has 1 aromatic carbocycles. The van der Waals surface area contributed by atoms with Crippen LogP contribution in [0.1, 0.15) is 32.4 Å². The highest BCUT2D eigenvalue weighted by molar-refractivity contribution is 5.85. The molecule has 1 aliphatic heterocycles. The number of alkyl halides is 1. The van der Waals surface area contributed by atoms with Crippen molar-refractivity contribution in [2.24, 2.45) is 0 Å². The summed E-state index contributed by atoms with van der Waals surface area (Å²) < 4.78 is 19.2. The number of ether oxygens (including phenoxy) is 1. The highest BCUT2D eigenvalue weighted by atomic mass is 35.5. The van der Waals surface area contributed by atoms with Crippen molar-refractivity contribution in [3.8, 4) is 5.75 Å². The number of hydrogen-bond acceptors (Lipinski definition) is 3. The fraction of sp³-hybridized carbons (Fsp3) is 0.625. The zero-order valence-electron chi connectivity index (χ0n) is 13.1. The van der Waals surface area contributed by atoms with E-state index in [4.69, 9.17) is 4.74 Å². The molecule has 0 unspecified atom stereocenters. The van der Waals surface area contributed by atoms with E-state index in [0.717, 1.165) is 37.5 Å². The van der Waals surface area contributed by atoms with Gasteiger partial charge in [0, 0.05) is 26.2 Å². The largest absolute Gasteiger partial charge is 0.488 e. The Kier molecular flexibility index (Phi) is 6.91. The molecule has 0 amide bonds. The van der Waals surface area contributed by atoms with Gasteiger partial charge in [-0.2, -0.15) is 0 Å². The van der Waals surface area contributed by atoms with E-state index >= 15 is 0 Å². The van der Waals surface area contributed by atoms with E-state index in [2.05, 4.69) is 10.2 Å². The van der Waals surface area contributed by atoms with Crippen LogP contribution in [0.15, 0.2) is 24.3 Å². The van der Waals surface area contributed by atoms with Crippen LogP contribution in [0.5, 0.6) is 5.75 Å². The molecule has 1 heterocycles. The van der Waals surface area contributed by atoms with E-state index < -0.39 is 0 Å². The minimum atomic E-state index is -0.348. The third-order valence-corrected chi connectivity index (χ3v) is 3.43. The number of rotatable bonds is 4. The molecule has 1 aromatic rings. The summed E-state index contributed by atoms with van der Waals surface area (Å²) in [6, 6.07) is 7.69. The summed E-state index contributed by atoms with van der Waals surface area (Å²) in [7, 11) is 0. The van der Waals surface area contributed by atoms with Crippen LogP contribution in [-0.2, 0) is 0 Å². The van der Waals surface area contributed by atoms with E-state index in [9.17, 15) is 4.39 Å². The summed E-state index contributed by atoms with van der Waals surface area (Å²) in [5.41, 5.74) is 0.815. The third kappa shape index (κ3) is 5.46. The lowest BCUT2D eigenvalue weighted by Gasteiger charge is -2.33. The molecule has 1 N–H and O–H groups in total.